The molecule has 3 nitrogen and oxygen atoms in total. The number of ether oxygens (including phenoxy) is 1. The summed E-state index contributed by atoms with van der Waals surface area (Å²) in [6, 6.07) is 2.65. The molecule has 0 aliphatic carbocycles. The van der Waals surface area contributed by atoms with E-state index >= 15 is 0 Å². The van der Waals surface area contributed by atoms with E-state index in [-0.39, 0.29) is 5.60 Å². The summed E-state index contributed by atoms with van der Waals surface area (Å²) >= 11 is 0. The molecule has 1 aliphatic rings. The normalized spacial score (nSPS) is 23.6. The smallest absolute Gasteiger partial charge is 0.0641 e. The summed E-state index contributed by atoms with van der Waals surface area (Å²) in [6.07, 6.45) is 5.97. The van der Waals surface area contributed by atoms with Gasteiger partial charge in [0.25, 0.3) is 0 Å². The quantitative estimate of drug-likeness (QED) is 0.872. The zero-order valence-electron chi connectivity index (χ0n) is 11.0. The van der Waals surface area contributed by atoms with Crippen molar-refractivity contribution in [2.45, 2.75) is 51.8 Å². The summed E-state index contributed by atoms with van der Waals surface area (Å²) in [5, 5.41) is 3.63. The second kappa shape index (κ2) is 5.15. The molecule has 2 rings (SSSR count). The molecule has 1 unspecified atom stereocenters. The fourth-order valence-corrected chi connectivity index (χ4v) is 2.36. The molecule has 1 aromatic rings. The molecule has 0 amide bonds. The summed E-state index contributed by atoms with van der Waals surface area (Å²) in [6.45, 7) is 8.23. The third kappa shape index (κ3) is 3.51. The van der Waals surface area contributed by atoms with Crippen molar-refractivity contribution in [3.05, 3.63) is 29.6 Å². The van der Waals surface area contributed by atoms with E-state index in [9.17, 15) is 0 Å². The summed E-state index contributed by atoms with van der Waals surface area (Å²) < 4.78 is 5.72. The predicted molar refractivity (Wildman–Crippen MR) is 68.9 cm³/mol. The van der Waals surface area contributed by atoms with Crippen LogP contribution in [0.5, 0.6) is 0 Å². The van der Waals surface area contributed by atoms with Gasteiger partial charge in [-0.2, -0.15) is 0 Å². The van der Waals surface area contributed by atoms with Crippen molar-refractivity contribution in [3.8, 4) is 0 Å². The number of aromatic nitrogens is 1. The van der Waals surface area contributed by atoms with Crippen LogP contribution in [0, 0.1) is 6.92 Å². The topological polar surface area (TPSA) is 34.2 Å². The van der Waals surface area contributed by atoms with E-state index in [1.54, 1.807) is 0 Å². The number of nitrogens with one attached hydrogen (secondary N) is 1. The van der Waals surface area contributed by atoms with Gasteiger partial charge in [0.2, 0.25) is 0 Å². The minimum Gasteiger partial charge on any atom is -0.375 e. The minimum absolute atomic E-state index is 0.0171. The first-order valence-corrected chi connectivity index (χ1v) is 6.34. The molecule has 0 aromatic carbocycles. The molecule has 0 spiro atoms. The van der Waals surface area contributed by atoms with Crippen molar-refractivity contribution in [3.63, 3.8) is 0 Å². The molecule has 1 N–H and O–H groups in total. The highest BCUT2D eigenvalue weighted by molar-refractivity contribution is 5.21. The molecule has 3 heteroatoms. The van der Waals surface area contributed by atoms with Crippen LogP contribution in [0.15, 0.2) is 18.5 Å². The first kappa shape index (κ1) is 12.5. The highest BCUT2D eigenvalue weighted by Crippen LogP contribution is 2.24. The van der Waals surface area contributed by atoms with Crippen molar-refractivity contribution in [1.29, 1.82) is 0 Å². The number of hydrogen-bond acceptors (Lipinski definition) is 3. The number of hydrogen-bond donors (Lipinski definition) is 1. The van der Waals surface area contributed by atoms with Crippen LogP contribution in [0.3, 0.4) is 0 Å². The van der Waals surface area contributed by atoms with Crippen LogP contribution in [0.4, 0.5) is 0 Å². The minimum atomic E-state index is 0.0171. The molecule has 1 fully saturated rings. The molecular formula is C14H22N2O. The van der Waals surface area contributed by atoms with E-state index in [0.717, 1.165) is 26.0 Å². The summed E-state index contributed by atoms with van der Waals surface area (Å²) in [7, 11) is 0. The fourth-order valence-electron chi connectivity index (χ4n) is 2.36. The van der Waals surface area contributed by atoms with Crippen LogP contribution in [0.1, 0.15) is 37.8 Å². The highest BCUT2D eigenvalue weighted by atomic mass is 16.5. The molecule has 94 valence electrons. The Morgan fingerprint density at radius 1 is 1.53 bits per heavy atom. The number of rotatable bonds is 3. The van der Waals surface area contributed by atoms with Gasteiger partial charge in [-0.1, -0.05) is 0 Å². The van der Waals surface area contributed by atoms with Crippen LogP contribution in [0.2, 0.25) is 0 Å². The van der Waals surface area contributed by atoms with Gasteiger partial charge in [0.15, 0.2) is 0 Å². The molecular weight excluding hydrogens is 212 g/mol. The fraction of sp³-hybridized carbons (Fsp3) is 0.643. The second-order valence-corrected chi connectivity index (χ2v) is 5.48. The number of pyridine rings is 1. The van der Waals surface area contributed by atoms with Gasteiger partial charge >= 0.3 is 0 Å². The van der Waals surface area contributed by atoms with Crippen molar-refractivity contribution < 1.29 is 4.74 Å². The third-order valence-corrected chi connectivity index (χ3v) is 3.41. The monoisotopic (exact) mass is 234 g/mol. The van der Waals surface area contributed by atoms with Gasteiger partial charge in [-0.25, -0.2) is 0 Å². The predicted octanol–water partition coefficient (Wildman–Crippen LogP) is 2.44. The van der Waals surface area contributed by atoms with Gasteiger partial charge in [0.05, 0.1) is 5.60 Å². The van der Waals surface area contributed by atoms with Gasteiger partial charge < -0.3 is 10.1 Å². The van der Waals surface area contributed by atoms with E-state index in [4.69, 9.17) is 4.74 Å². The Kier molecular flexibility index (Phi) is 3.79. The van der Waals surface area contributed by atoms with E-state index in [1.165, 1.54) is 11.1 Å². The number of aryl methyl sites for hydroxylation is 1. The summed E-state index contributed by atoms with van der Waals surface area (Å²) in [5.74, 6) is 0. The van der Waals surface area contributed by atoms with Gasteiger partial charge in [-0.3, -0.25) is 4.98 Å². The molecule has 0 bridgehead atoms. The van der Waals surface area contributed by atoms with E-state index in [0.29, 0.717) is 6.04 Å². The van der Waals surface area contributed by atoms with Gasteiger partial charge in [0, 0.05) is 31.6 Å². The Morgan fingerprint density at radius 3 is 3.06 bits per heavy atom. The molecule has 2 heterocycles. The van der Waals surface area contributed by atoms with Crippen molar-refractivity contribution in [2.24, 2.45) is 0 Å². The zero-order chi connectivity index (χ0) is 12.3. The average molecular weight is 234 g/mol. The maximum atomic E-state index is 5.72. The van der Waals surface area contributed by atoms with Gasteiger partial charge in [-0.05, 0) is 50.8 Å². The second-order valence-electron chi connectivity index (χ2n) is 5.48. The SMILES string of the molecule is Cc1cnccc1CNC1CCOC(C)(C)C1. The van der Waals surface area contributed by atoms with Gasteiger partial charge in [0.1, 0.15) is 0 Å². The van der Waals surface area contributed by atoms with Gasteiger partial charge in [-0.15, -0.1) is 0 Å². The lowest BCUT2D eigenvalue weighted by molar-refractivity contribution is -0.0630. The Hall–Kier alpha value is -0.930. The van der Waals surface area contributed by atoms with E-state index in [1.807, 2.05) is 12.4 Å². The van der Waals surface area contributed by atoms with Crippen LogP contribution < -0.4 is 5.32 Å². The lowest BCUT2D eigenvalue weighted by Gasteiger charge is -2.36. The van der Waals surface area contributed by atoms with Crippen molar-refractivity contribution in [2.75, 3.05) is 6.61 Å². The van der Waals surface area contributed by atoms with E-state index in [2.05, 4.69) is 37.1 Å². The molecule has 0 radical (unpaired) electrons. The largest absolute Gasteiger partial charge is 0.375 e. The molecule has 1 aromatic heterocycles. The maximum absolute atomic E-state index is 5.72. The van der Waals surface area contributed by atoms with E-state index < -0.39 is 0 Å². The molecule has 1 atom stereocenters. The van der Waals surface area contributed by atoms with Crippen LogP contribution >= 0.6 is 0 Å². The maximum Gasteiger partial charge on any atom is 0.0641 e. The Balaban J connectivity index is 1.88. The number of nitrogens with zero attached hydrogens (tertiary/aromatic N) is 1. The third-order valence-electron chi connectivity index (χ3n) is 3.41. The first-order chi connectivity index (χ1) is 8.07. The standard InChI is InChI=1S/C14H22N2O/c1-11-9-15-6-4-12(11)10-16-13-5-7-17-14(2,3)8-13/h4,6,9,13,16H,5,7-8,10H2,1-3H3. The van der Waals surface area contributed by atoms with Crippen molar-refractivity contribution >= 4 is 0 Å². The Labute approximate surface area is 104 Å². The van der Waals surface area contributed by atoms with Crippen LogP contribution in [0.25, 0.3) is 0 Å². The lowest BCUT2D eigenvalue weighted by atomic mass is 9.94. The van der Waals surface area contributed by atoms with Crippen LogP contribution in [-0.4, -0.2) is 23.2 Å². The average Bonchev–Trinajstić information content (AvgIpc) is 2.27. The lowest BCUT2D eigenvalue weighted by Crippen LogP contribution is -2.43. The summed E-state index contributed by atoms with van der Waals surface area (Å²) in [5.41, 5.74) is 2.61. The molecule has 1 saturated heterocycles. The molecule has 1 aliphatic heterocycles. The molecule has 17 heavy (non-hydrogen) atoms. The Bertz CT molecular complexity index is 376. The van der Waals surface area contributed by atoms with Crippen molar-refractivity contribution in [1.82, 2.24) is 10.3 Å². The molecule has 0 saturated carbocycles. The summed E-state index contributed by atoms with van der Waals surface area (Å²) in [4.78, 5) is 4.11. The Morgan fingerprint density at radius 2 is 2.35 bits per heavy atom. The highest BCUT2D eigenvalue weighted by Gasteiger charge is 2.28. The van der Waals surface area contributed by atoms with Crippen LogP contribution in [-0.2, 0) is 11.3 Å². The first-order valence-electron chi connectivity index (χ1n) is 6.34. The zero-order valence-corrected chi connectivity index (χ0v) is 11.0.